The molecule has 0 bridgehead atoms. The number of aromatic nitrogens is 2. The van der Waals surface area contributed by atoms with Gasteiger partial charge in [0.2, 0.25) is 0 Å². The second-order valence-electron chi connectivity index (χ2n) is 3.58. The number of thiazole rings is 1. The van der Waals surface area contributed by atoms with Crippen molar-refractivity contribution >= 4 is 21.6 Å². The molecular formula is C13H7N3S. The number of nitrogens with zero attached hydrogens (tertiary/aromatic N) is 3. The number of nitriles is 1. The zero-order valence-corrected chi connectivity index (χ0v) is 9.61. The molecule has 3 rings (SSSR count). The third-order valence-corrected chi connectivity index (χ3v) is 3.33. The average Bonchev–Trinajstić information content (AvgIpc) is 2.86. The Hall–Kier alpha value is -2.25. The summed E-state index contributed by atoms with van der Waals surface area (Å²) >= 11 is 1.62. The van der Waals surface area contributed by atoms with E-state index >= 15 is 0 Å². The third kappa shape index (κ3) is 1.77. The van der Waals surface area contributed by atoms with Crippen LogP contribution in [0.15, 0.2) is 42.0 Å². The number of benzene rings is 1. The van der Waals surface area contributed by atoms with Crippen molar-refractivity contribution in [1.29, 1.82) is 5.26 Å². The summed E-state index contributed by atoms with van der Waals surface area (Å²) in [7, 11) is 0. The van der Waals surface area contributed by atoms with E-state index in [-0.39, 0.29) is 0 Å². The van der Waals surface area contributed by atoms with Crippen LogP contribution >= 0.6 is 11.3 Å². The first-order chi connectivity index (χ1) is 8.36. The number of hydrogen-bond acceptors (Lipinski definition) is 4. The predicted molar refractivity (Wildman–Crippen MR) is 67.6 cm³/mol. The van der Waals surface area contributed by atoms with Crippen LogP contribution in [0.4, 0.5) is 0 Å². The number of rotatable bonds is 1. The van der Waals surface area contributed by atoms with Crippen LogP contribution in [0, 0.1) is 11.3 Å². The highest BCUT2D eigenvalue weighted by atomic mass is 32.1. The molecule has 17 heavy (non-hydrogen) atoms. The molecule has 80 valence electrons. The lowest BCUT2D eigenvalue weighted by molar-refractivity contribution is 1.31. The van der Waals surface area contributed by atoms with Crippen LogP contribution in [0.2, 0.25) is 0 Å². The van der Waals surface area contributed by atoms with Gasteiger partial charge in [-0.05, 0) is 24.3 Å². The quantitative estimate of drug-likeness (QED) is 0.652. The second kappa shape index (κ2) is 3.96. The summed E-state index contributed by atoms with van der Waals surface area (Å²) in [5, 5.41) is 8.86. The molecule has 2 aromatic heterocycles. The van der Waals surface area contributed by atoms with Gasteiger partial charge in [0.25, 0.3) is 0 Å². The minimum Gasteiger partial charge on any atom is -0.256 e. The monoisotopic (exact) mass is 237 g/mol. The van der Waals surface area contributed by atoms with Crippen molar-refractivity contribution in [2.45, 2.75) is 0 Å². The molecule has 0 fully saturated rings. The van der Waals surface area contributed by atoms with Crippen molar-refractivity contribution in [2.24, 2.45) is 0 Å². The van der Waals surface area contributed by atoms with E-state index in [1.54, 1.807) is 29.7 Å². The molecule has 0 unspecified atom stereocenters. The molecule has 0 radical (unpaired) electrons. The lowest BCUT2D eigenvalue weighted by Gasteiger charge is -2.00. The van der Waals surface area contributed by atoms with Gasteiger partial charge in [-0.3, -0.25) is 4.98 Å². The Morgan fingerprint density at radius 1 is 1.12 bits per heavy atom. The van der Waals surface area contributed by atoms with Crippen LogP contribution in [-0.4, -0.2) is 9.97 Å². The molecule has 0 saturated heterocycles. The summed E-state index contributed by atoms with van der Waals surface area (Å²) in [5.41, 5.74) is 5.21. The summed E-state index contributed by atoms with van der Waals surface area (Å²) < 4.78 is 1.16. The Labute approximate surface area is 102 Å². The fourth-order valence-corrected chi connectivity index (χ4v) is 2.33. The Balaban J connectivity index is 2.16. The summed E-state index contributed by atoms with van der Waals surface area (Å²) in [6.07, 6.45) is 1.65. The summed E-state index contributed by atoms with van der Waals surface area (Å²) in [4.78, 5) is 8.55. The molecule has 2 heterocycles. The lowest BCUT2D eigenvalue weighted by atomic mass is 10.1. The van der Waals surface area contributed by atoms with E-state index in [9.17, 15) is 0 Å². The van der Waals surface area contributed by atoms with Gasteiger partial charge in [-0.15, -0.1) is 11.3 Å². The molecule has 0 spiro atoms. The van der Waals surface area contributed by atoms with Gasteiger partial charge in [0.1, 0.15) is 0 Å². The van der Waals surface area contributed by atoms with Crippen molar-refractivity contribution in [3.8, 4) is 17.3 Å². The van der Waals surface area contributed by atoms with Gasteiger partial charge in [0.15, 0.2) is 0 Å². The zero-order chi connectivity index (χ0) is 11.7. The van der Waals surface area contributed by atoms with E-state index in [1.165, 1.54) is 0 Å². The molecular weight excluding hydrogens is 230 g/mol. The normalized spacial score (nSPS) is 10.3. The fourth-order valence-electron chi connectivity index (χ4n) is 1.68. The van der Waals surface area contributed by atoms with Gasteiger partial charge in [-0.25, -0.2) is 4.98 Å². The molecule has 0 aliphatic rings. The fraction of sp³-hybridized carbons (Fsp3) is 0. The minimum atomic E-state index is 0.619. The summed E-state index contributed by atoms with van der Waals surface area (Å²) in [5.74, 6) is 0. The second-order valence-corrected chi connectivity index (χ2v) is 4.46. The summed E-state index contributed by atoms with van der Waals surface area (Å²) in [6, 6.07) is 11.6. The average molecular weight is 237 g/mol. The van der Waals surface area contributed by atoms with E-state index in [0.717, 1.165) is 21.5 Å². The third-order valence-electron chi connectivity index (χ3n) is 2.52. The maximum atomic E-state index is 8.86. The maximum Gasteiger partial charge on any atom is 0.0992 e. The van der Waals surface area contributed by atoms with Gasteiger partial charge < -0.3 is 0 Å². The molecule has 3 aromatic rings. The van der Waals surface area contributed by atoms with Crippen molar-refractivity contribution in [3.05, 3.63) is 47.6 Å². The van der Waals surface area contributed by atoms with E-state index in [0.29, 0.717) is 5.56 Å². The molecule has 0 aliphatic heterocycles. The predicted octanol–water partition coefficient (Wildman–Crippen LogP) is 3.23. The molecule has 0 aliphatic carbocycles. The highest BCUT2D eigenvalue weighted by Gasteiger charge is 2.03. The van der Waals surface area contributed by atoms with Crippen LogP contribution in [0.25, 0.3) is 21.5 Å². The van der Waals surface area contributed by atoms with Crippen LogP contribution < -0.4 is 0 Å². The van der Waals surface area contributed by atoms with Gasteiger partial charge in [-0.2, -0.15) is 5.26 Å². The van der Waals surface area contributed by atoms with E-state index in [2.05, 4.69) is 16.0 Å². The van der Waals surface area contributed by atoms with Crippen LogP contribution in [0.3, 0.4) is 0 Å². The van der Waals surface area contributed by atoms with Gasteiger partial charge in [0, 0.05) is 11.8 Å². The first kappa shape index (κ1) is 9.94. The molecule has 0 saturated carbocycles. The molecule has 0 N–H and O–H groups in total. The zero-order valence-electron chi connectivity index (χ0n) is 8.79. The number of pyridine rings is 1. The lowest BCUT2D eigenvalue weighted by Crippen LogP contribution is -1.84. The van der Waals surface area contributed by atoms with Gasteiger partial charge >= 0.3 is 0 Å². The molecule has 3 nitrogen and oxygen atoms in total. The van der Waals surface area contributed by atoms with E-state index in [1.807, 2.05) is 23.7 Å². The molecule has 4 heteroatoms. The highest BCUT2D eigenvalue weighted by molar-refractivity contribution is 7.16. The smallest absolute Gasteiger partial charge is 0.0992 e. The Bertz CT molecular complexity index is 725. The first-order valence-electron chi connectivity index (χ1n) is 5.06. The van der Waals surface area contributed by atoms with E-state index < -0.39 is 0 Å². The van der Waals surface area contributed by atoms with Crippen LogP contribution in [0.1, 0.15) is 5.56 Å². The van der Waals surface area contributed by atoms with Gasteiger partial charge in [0.05, 0.1) is 33.1 Å². The minimum absolute atomic E-state index is 0.619. The summed E-state index contributed by atoms with van der Waals surface area (Å²) in [6.45, 7) is 0. The standard InChI is InChI=1S/C13H7N3S/c14-7-9-3-4-15-11(5-9)10-1-2-13-12(6-10)16-8-17-13/h1-6,8H. The SMILES string of the molecule is N#Cc1ccnc(-c2ccc3scnc3c2)c1. The highest BCUT2D eigenvalue weighted by Crippen LogP contribution is 2.24. The van der Waals surface area contributed by atoms with E-state index in [4.69, 9.17) is 5.26 Å². The molecule has 1 aromatic carbocycles. The number of hydrogen-bond donors (Lipinski definition) is 0. The maximum absolute atomic E-state index is 8.86. The van der Waals surface area contributed by atoms with Crippen molar-refractivity contribution in [1.82, 2.24) is 9.97 Å². The van der Waals surface area contributed by atoms with Crippen LogP contribution in [-0.2, 0) is 0 Å². The van der Waals surface area contributed by atoms with Gasteiger partial charge in [-0.1, -0.05) is 6.07 Å². The number of fused-ring (bicyclic) bond motifs is 1. The Morgan fingerprint density at radius 3 is 2.94 bits per heavy atom. The van der Waals surface area contributed by atoms with Crippen molar-refractivity contribution in [3.63, 3.8) is 0 Å². The topological polar surface area (TPSA) is 49.6 Å². The Morgan fingerprint density at radius 2 is 2.06 bits per heavy atom. The largest absolute Gasteiger partial charge is 0.256 e. The molecule has 0 atom stereocenters. The first-order valence-corrected chi connectivity index (χ1v) is 5.94. The van der Waals surface area contributed by atoms with Crippen molar-refractivity contribution in [2.75, 3.05) is 0 Å². The molecule has 0 amide bonds. The Kier molecular flexibility index (Phi) is 2.32. The van der Waals surface area contributed by atoms with Crippen molar-refractivity contribution < 1.29 is 0 Å². The van der Waals surface area contributed by atoms with Crippen LogP contribution in [0.5, 0.6) is 0 Å².